The number of nitrogens with zero attached hydrogens (tertiary/aromatic N) is 3. The Bertz CT molecular complexity index is 1310. The van der Waals surface area contributed by atoms with Crippen molar-refractivity contribution in [2.24, 2.45) is 0 Å². The number of fused-ring (bicyclic) bond motifs is 1. The van der Waals surface area contributed by atoms with Crippen molar-refractivity contribution in [2.45, 2.75) is 26.4 Å². The molecule has 0 bridgehead atoms. The Morgan fingerprint density at radius 3 is 2.53 bits per heavy atom. The number of pyridine rings is 1. The molecule has 7 heteroatoms. The average Bonchev–Trinajstić information content (AvgIpc) is 2.78. The zero-order valence-electron chi connectivity index (χ0n) is 18.0. The molecule has 0 fully saturated rings. The number of hydrogen-bond donors (Lipinski definition) is 1. The zero-order valence-corrected chi connectivity index (χ0v) is 18.0. The number of nitrogens with one attached hydrogen (secondary N) is 1. The van der Waals surface area contributed by atoms with Crippen LogP contribution >= 0.6 is 0 Å². The summed E-state index contributed by atoms with van der Waals surface area (Å²) in [4.78, 5) is 38.0. The topological polar surface area (TPSA) is 94.1 Å². The Hall–Kier alpha value is -4.13. The summed E-state index contributed by atoms with van der Waals surface area (Å²) in [5, 5.41) is 3.58. The van der Waals surface area contributed by atoms with Crippen LogP contribution in [-0.4, -0.2) is 32.4 Å². The highest BCUT2D eigenvalue weighted by Gasteiger charge is 2.18. The van der Waals surface area contributed by atoms with Gasteiger partial charge in [0.25, 0.3) is 5.91 Å². The predicted molar refractivity (Wildman–Crippen MR) is 122 cm³/mol. The van der Waals surface area contributed by atoms with Crippen LogP contribution in [0.1, 0.15) is 41.5 Å². The molecule has 0 aliphatic carbocycles. The molecule has 1 amide bonds. The number of hydrogen-bond acceptors (Lipinski definition) is 6. The highest BCUT2D eigenvalue weighted by molar-refractivity contribution is 6.12. The van der Waals surface area contributed by atoms with Gasteiger partial charge in [-0.2, -0.15) is 0 Å². The van der Waals surface area contributed by atoms with Gasteiger partial charge in [-0.15, -0.1) is 0 Å². The number of para-hydroxylation sites is 1. The van der Waals surface area contributed by atoms with Crippen molar-refractivity contribution in [1.29, 1.82) is 0 Å². The fourth-order valence-electron chi connectivity index (χ4n) is 3.20. The maximum atomic E-state index is 12.9. The van der Waals surface area contributed by atoms with Crippen LogP contribution in [0.5, 0.6) is 0 Å². The van der Waals surface area contributed by atoms with Crippen molar-refractivity contribution >= 4 is 28.6 Å². The fourth-order valence-corrected chi connectivity index (χ4v) is 3.20. The number of ether oxygens (including phenoxy) is 1. The Kier molecular flexibility index (Phi) is 5.64. The van der Waals surface area contributed by atoms with Crippen molar-refractivity contribution in [2.75, 3.05) is 5.32 Å². The van der Waals surface area contributed by atoms with Crippen molar-refractivity contribution < 1.29 is 14.3 Å². The van der Waals surface area contributed by atoms with Gasteiger partial charge in [-0.1, -0.05) is 30.3 Å². The lowest BCUT2D eigenvalue weighted by atomic mass is 10.1. The van der Waals surface area contributed by atoms with Crippen LogP contribution in [0, 0.1) is 0 Å². The van der Waals surface area contributed by atoms with E-state index in [2.05, 4.69) is 20.3 Å². The standard InChI is InChI=1S/C25H22N4O3/c1-25(2,3)32-24(31)17-8-6-7-16(13-17)21-14-22(28-15-27-21)29-23(30)19-11-12-26-20-10-5-4-9-18(19)20/h4-15H,1-3H3,(H,27,28,29,30). The highest BCUT2D eigenvalue weighted by Crippen LogP contribution is 2.23. The summed E-state index contributed by atoms with van der Waals surface area (Å²) in [7, 11) is 0. The molecule has 0 aliphatic heterocycles. The van der Waals surface area contributed by atoms with Gasteiger partial charge in [-0.25, -0.2) is 14.8 Å². The summed E-state index contributed by atoms with van der Waals surface area (Å²) in [5.41, 5.74) is 2.35. The maximum absolute atomic E-state index is 12.9. The van der Waals surface area contributed by atoms with Gasteiger partial charge < -0.3 is 10.1 Å². The van der Waals surface area contributed by atoms with Gasteiger partial charge in [0.05, 0.1) is 22.3 Å². The predicted octanol–water partition coefficient (Wildman–Crippen LogP) is 4.90. The number of amides is 1. The second-order valence-electron chi connectivity index (χ2n) is 8.20. The number of aromatic nitrogens is 3. The normalized spacial score (nSPS) is 11.2. The van der Waals surface area contributed by atoms with Crippen molar-refractivity contribution in [3.63, 3.8) is 0 Å². The first-order chi connectivity index (χ1) is 15.3. The van der Waals surface area contributed by atoms with Gasteiger partial charge in [0, 0.05) is 23.2 Å². The number of esters is 1. The minimum Gasteiger partial charge on any atom is -0.456 e. The molecule has 2 aromatic carbocycles. The monoisotopic (exact) mass is 426 g/mol. The van der Waals surface area contributed by atoms with Crippen LogP contribution in [0.4, 0.5) is 5.82 Å². The summed E-state index contributed by atoms with van der Waals surface area (Å²) in [6.07, 6.45) is 2.97. The second-order valence-corrected chi connectivity index (χ2v) is 8.20. The Morgan fingerprint density at radius 1 is 0.906 bits per heavy atom. The maximum Gasteiger partial charge on any atom is 0.338 e. The molecule has 0 spiro atoms. The SMILES string of the molecule is CC(C)(C)OC(=O)c1cccc(-c2cc(NC(=O)c3ccnc4ccccc34)ncn2)c1. The van der Waals surface area contributed by atoms with Gasteiger partial charge >= 0.3 is 5.97 Å². The Labute approximate surface area is 185 Å². The van der Waals surface area contributed by atoms with Crippen LogP contribution < -0.4 is 5.32 Å². The largest absolute Gasteiger partial charge is 0.456 e. The number of rotatable bonds is 4. The van der Waals surface area contributed by atoms with Crippen molar-refractivity contribution in [3.8, 4) is 11.3 Å². The van der Waals surface area contributed by atoms with Crippen LogP contribution in [-0.2, 0) is 4.74 Å². The van der Waals surface area contributed by atoms with E-state index in [-0.39, 0.29) is 5.91 Å². The third kappa shape index (κ3) is 4.78. The first-order valence-electron chi connectivity index (χ1n) is 10.1. The van der Waals surface area contributed by atoms with Crippen LogP contribution in [0.2, 0.25) is 0 Å². The quantitative estimate of drug-likeness (QED) is 0.467. The Morgan fingerprint density at radius 2 is 1.72 bits per heavy atom. The van der Waals surface area contributed by atoms with Crippen LogP contribution in [0.15, 0.2) is 73.2 Å². The van der Waals surface area contributed by atoms with E-state index >= 15 is 0 Å². The first kappa shape index (κ1) is 21.1. The molecule has 2 aromatic heterocycles. The molecule has 7 nitrogen and oxygen atoms in total. The number of benzene rings is 2. The van der Waals surface area contributed by atoms with Gasteiger partial charge in [0.2, 0.25) is 0 Å². The molecule has 0 aliphatic rings. The molecule has 0 saturated carbocycles. The van der Waals surface area contributed by atoms with E-state index < -0.39 is 11.6 Å². The average molecular weight is 426 g/mol. The van der Waals surface area contributed by atoms with Gasteiger partial charge in [0.1, 0.15) is 17.7 Å². The smallest absolute Gasteiger partial charge is 0.338 e. The number of carbonyl (C=O) groups is 2. The summed E-state index contributed by atoms with van der Waals surface area (Å²) < 4.78 is 5.44. The molecule has 4 rings (SSSR count). The molecular formula is C25H22N4O3. The third-order valence-electron chi connectivity index (χ3n) is 4.60. The summed E-state index contributed by atoms with van der Waals surface area (Å²) in [6.45, 7) is 5.46. The van der Waals surface area contributed by atoms with E-state index in [9.17, 15) is 9.59 Å². The van der Waals surface area contributed by atoms with Crippen molar-refractivity contribution in [3.05, 3.63) is 84.3 Å². The molecule has 0 atom stereocenters. The van der Waals surface area contributed by atoms with E-state index in [1.165, 1.54) is 6.33 Å². The molecule has 2 heterocycles. The molecular weight excluding hydrogens is 404 g/mol. The lowest BCUT2D eigenvalue weighted by Crippen LogP contribution is -2.23. The fraction of sp³-hybridized carbons (Fsp3) is 0.160. The summed E-state index contributed by atoms with van der Waals surface area (Å²) in [6, 6.07) is 17.8. The van der Waals surface area contributed by atoms with E-state index in [1.807, 2.05) is 51.1 Å². The highest BCUT2D eigenvalue weighted by atomic mass is 16.6. The lowest BCUT2D eigenvalue weighted by Gasteiger charge is -2.19. The zero-order chi connectivity index (χ0) is 22.7. The molecule has 4 aromatic rings. The van der Waals surface area contributed by atoms with E-state index in [0.29, 0.717) is 28.2 Å². The second kappa shape index (κ2) is 8.55. The van der Waals surface area contributed by atoms with E-state index in [0.717, 1.165) is 10.9 Å². The summed E-state index contributed by atoms with van der Waals surface area (Å²) in [5.74, 6) is -0.356. The minimum atomic E-state index is -0.587. The van der Waals surface area contributed by atoms with Crippen LogP contribution in [0.25, 0.3) is 22.2 Å². The van der Waals surface area contributed by atoms with Gasteiger partial charge in [-0.05, 0) is 45.0 Å². The molecule has 1 N–H and O–H groups in total. The number of anilines is 1. The minimum absolute atomic E-state index is 0.296. The molecule has 0 radical (unpaired) electrons. The Balaban J connectivity index is 1.59. The van der Waals surface area contributed by atoms with E-state index in [1.54, 1.807) is 36.5 Å². The summed E-state index contributed by atoms with van der Waals surface area (Å²) >= 11 is 0. The molecule has 0 unspecified atom stereocenters. The van der Waals surface area contributed by atoms with Gasteiger partial charge in [0.15, 0.2) is 0 Å². The third-order valence-corrected chi connectivity index (χ3v) is 4.60. The van der Waals surface area contributed by atoms with Crippen LogP contribution in [0.3, 0.4) is 0 Å². The van der Waals surface area contributed by atoms with Crippen molar-refractivity contribution in [1.82, 2.24) is 15.0 Å². The molecule has 160 valence electrons. The van der Waals surface area contributed by atoms with Gasteiger partial charge in [-0.3, -0.25) is 9.78 Å². The lowest BCUT2D eigenvalue weighted by molar-refractivity contribution is 0.00695. The van der Waals surface area contributed by atoms with E-state index in [4.69, 9.17) is 4.74 Å². The number of carbonyl (C=O) groups excluding carboxylic acids is 2. The molecule has 0 saturated heterocycles. The first-order valence-corrected chi connectivity index (χ1v) is 10.1. The molecule has 32 heavy (non-hydrogen) atoms.